The minimum absolute atomic E-state index is 0.0593. The maximum Gasteiger partial charge on any atom is 0.129 e. The highest BCUT2D eigenvalue weighted by molar-refractivity contribution is 5.28. The van der Waals surface area contributed by atoms with E-state index >= 15 is 0 Å². The van der Waals surface area contributed by atoms with Crippen LogP contribution in [0.4, 0.5) is 8.78 Å². The van der Waals surface area contributed by atoms with Gasteiger partial charge in [0.1, 0.15) is 23.2 Å². The first-order chi connectivity index (χ1) is 9.06. The molecule has 0 amide bonds. The Morgan fingerprint density at radius 1 is 1.42 bits per heavy atom. The number of aliphatic hydroxyl groups is 1. The van der Waals surface area contributed by atoms with Gasteiger partial charge in [-0.2, -0.15) is 5.26 Å². The molecule has 0 spiro atoms. The fourth-order valence-electron chi connectivity index (χ4n) is 3.21. The zero-order chi connectivity index (χ0) is 13.6. The van der Waals surface area contributed by atoms with Crippen molar-refractivity contribution < 1.29 is 18.6 Å². The summed E-state index contributed by atoms with van der Waals surface area (Å²) in [6.07, 6.45) is 0.0591. The minimum atomic E-state index is -1.37. The van der Waals surface area contributed by atoms with Crippen LogP contribution in [0.3, 0.4) is 0 Å². The van der Waals surface area contributed by atoms with Crippen molar-refractivity contribution in [3.8, 4) is 6.07 Å². The second-order valence-electron chi connectivity index (χ2n) is 5.25. The van der Waals surface area contributed by atoms with Crippen LogP contribution in [-0.2, 0) is 4.74 Å². The number of halogens is 2. The molecule has 100 valence electrons. The van der Waals surface area contributed by atoms with Gasteiger partial charge in [-0.15, -0.1) is 0 Å². The summed E-state index contributed by atoms with van der Waals surface area (Å²) in [7, 11) is 0. The molecule has 19 heavy (non-hydrogen) atoms. The number of ether oxygens (including phenoxy) is 1. The van der Waals surface area contributed by atoms with Gasteiger partial charge in [-0.05, 0) is 37.5 Å². The molecule has 4 atom stereocenters. The smallest absolute Gasteiger partial charge is 0.129 e. The Kier molecular flexibility index (Phi) is 2.80. The van der Waals surface area contributed by atoms with Gasteiger partial charge in [0.15, 0.2) is 0 Å². The largest absolute Gasteiger partial charge is 0.387 e. The first-order valence-corrected chi connectivity index (χ1v) is 6.26. The molecule has 0 aromatic heterocycles. The van der Waals surface area contributed by atoms with Gasteiger partial charge in [0.2, 0.25) is 0 Å². The number of hydrogen-bond acceptors (Lipinski definition) is 3. The van der Waals surface area contributed by atoms with Gasteiger partial charge in [-0.3, -0.25) is 0 Å². The molecule has 2 heterocycles. The molecular weight excluding hydrogens is 252 g/mol. The third kappa shape index (κ3) is 1.75. The molecule has 2 fully saturated rings. The summed E-state index contributed by atoms with van der Waals surface area (Å²) in [5.74, 6) is -1.33. The van der Waals surface area contributed by atoms with Gasteiger partial charge in [0.05, 0.1) is 18.3 Å². The number of aliphatic hydroxyl groups excluding tert-OH is 1. The summed E-state index contributed by atoms with van der Waals surface area (Å²) in [4.78, 5) is 0. The number of fused-ring (bicyclic) bond motifs is 2. The van der Waals surface area contributed by atoms with Crippen molar-refractivity contribution in [1.82, 2.24) is 0 Å². The van der Waals surface area contributed by atoms with Crippen molar-refractivity contribution in [2.24, 2.45) is 5.41 Å². The highest BCUT2D eigenvalue weighted by atomic mass is 19.1. The Hall–Kier alpha value is -1.51. The first-order valence-electron chi connectivity index (χ1n) is 6.26. The van der Waals surface area contributed by atoms with Crippen LogP contribution in [0.15, 0.2) is 18.2 Å². The van der Waals surface area contributed by atoms with Crippen LogP contribution in [0.1, 0.15) is 30.9 Å². The molecule has 2 aliphatic heterocycles. The van der Waals surface area contributed by atoms with Gasteiger partial charge < -0.3 is 9.84 Å². The van der Waals surface area contributed by atoms with Crippen LogP contribution in [-0.4, -0.2) is 17.3 Å². The lowest BCUT2D eigenvalue weighted by atomic mass is 9.69. The van der Waals surface area contributed by atoms with Crippen LogP contribution in [0.2, 0.25) is 0 Å². The van der Waals surface area contributed by atoms with Crippen molar-refractivity contribution in [2.75, 3.05) is 0 Å². The predicted octanol–water partition coefficient (Wildman–Crippen LogP) is 2.46. The van der Waals surface area contributed by atoms with Crippen molar-refractivity contribution in [1.29, 1.82) is 5.26 Å². The predicted molar refractivity (Wildman–Crippen MR) is 61.9 cm³/mol. The van der Waals surface area contributed by atoms with E-state index in [9.17, 15) is 19.1 Å². The highest BCUT2D eigenvalue weighted by Crippen LogP contribution is 2.54. The lowest BCUT2D eigenvalue weighted by Gasteiger charge is -2.33. The van der Waals surface area contributed by atoms with E-state index in [1.54, 1.807) is 0 Å². The molecule has 1 aromatic rings. The summed E-state index contributed by atoms with van der Waals surface area (Å²) in [6.45, 7) is 0. The average molecular weight is 265 g/mol. The molecule has 5 heteroatoms. The van der Waals surface area contributed by atoms with Crippen molar-refractivity contribution in [2.45, 2.75) is 37.6 Å². The molecule has 3 rings (SSSR count). The monoisotopic (exact) mass is 265 g/mol. The molecule has 0 radical (unpaired) electrons. The van der Waals surface area contributed by atoms with E-state index in [4.69, 9.17) is 4.74 Å². The van der Waals surface area contributed by atoms with Crippen LogP contribution < -0.4 is 0 Å². The molecule has 1 N–H and O–H groups in total. The fourth-order valence-corrected chi connectivity index (χ4v) is 3.21. The zero-order valence-corrected chi connectivity index (χ0v) is 10.1. The summed E-state index contributed by atoms with van der Waals surface area (Å²) < 4.78 is 32.6. The summed E-state index contributed by atoms with van der Waals surface area (Å²) in [5, 5.41) is 19.8. The van der Waals surface area contributed by atoms with E-state index in [-0.39, 0.29) is 11.7 Å². The average Bonchev–Trinajstić information content (AvgIpc) is 3.01. The van der Waals surface area contributed by atoms with E-state index in [1.807, 2.05) is 0 Å². The Bertz CT molecular complexity index is 557. The number of rotatable bonds is 2. The molecule has 2 saturated heterocycles. The molecule has 1 aromatic carbocycles. The number of hydrogen-bond donors (Lipinski definition) is 1. The Balaban J connectivity index is 2.01. The van der Waals surface area contributed by atoms with Crippen LogP contribution in [0.25, 0.3) is 0 Å². The van der Waals surface area contributed by atoms with E-state index in [0.717, 1.165) is 24.6 Å². The Labute approximate surface area is 109 Å². The second kappa shape index (κ2) is 4.26. The quantitative estimate of drug-likeness (QED) is 0.893. The van der Waals surface area contributed by atoms with Gasteiger partial charge >= 0.3 is 0 Å². The van der Waals surface area contributed by atoms with Gasteiger partial charge in [0.25, 0.3) is 0 Å². The first kappa shape index (κ1) is 12.5. The molecule has 4 unspecified atom stereocenters. The van der Waals surface area contributed by atoms with Crippen LogP contribution in [0, 0.1) is 28.4 Å². The van der Waals surface area contributed by atoms with E-state index in [1.165, 1.54) is 0 Å². The molecule has 0 aliphatic carbocycles. The Morgan fingerprint density at radius 3 is 2.79 bits per heavy atom. The second-order valence-corrected chi connectivity index (χ2v) is 5.25. The lowest BCUT2D eigenvalue weighted by molar-refractivity contribution is 0.00156. The normalized spacial score (nSPS) is 34.2. The maximum atomic E-state index is 13.7. The van der Waals surface area contributed by atoms with Crippen molar-refractivity contribution in [3.05, 3.63) is 35.4 Å². The maximum absolute atomic E-state index is 13.7. The molecule has 3 nitrogen and oxygen atoms in total. The number of benzene rings is 1. The molecule has 2 aliphatic rings. The summed E-state index contributed by atoms with van der Waals surface area (Å²) in [5.41, 5.74) is -1.34. The summed E-state index contributed by atoms with van der Waals surface area (Å²) >= 11 is 0. The van der Waals surface area contributed by atoms with Gasteiger partial charge in [-0.25, -0.2) is 8.78 Å². The standard InChI is InChI=1S/C14H13F2NO2/c15-8-1-3-11(16)10(5-8)13(18)14(7-17)6-9-2-4-12(14)19-9/h1,3,5,9,12-13,18H,2,4,6H2. The van der Waals surface area contributed by atoms with Crippen molar-refractivity contribution in [3.63, 3.8) is 0 Å². The lowest BCUT2D eigenvalue weighted by Crippen LogP contribution is -2.37. The number of nitriles is 1. The van der Waals surface area contributed by atoms with E-state index in [2.05, 4.69) is 6.07 Å². The molecular formula is C14H13F2NO2. The third-order valence-corrected chi connectivity index (χ3v) is 4.20. The van der Waals surface area contributed by atoms with Gasteiger partial charge in [0, 0.05) is 5.56 Å². The van der Waals surface area contributed by atoms with E-state index in [0.29, 0.717) is 12.8 Å². The minimum Gasteiger partial charge on any atom is -0.387 e. The third-order valence-electron chi connectivity index (χ3n) is 4.20. The topological polar surface area (TPSA) is 53.2 Å². The van der Waals surface area contributed by atoms with Crippen molar-refractivity contribution >= 4 is 0 Å². The zero-order valence-electron chi connectivity index (χ0n) is 10.1. The van der Waals surface area contributed by atoms with Crippen LogP contribution >= 0.6 is 0 Å². The fraction of sp³-hybridized carbons (Fsp3) is 0.500. The highest BCUT2D eigenvalue weighted by Gasteiger charge is 2.57. The van der Waals surface area contributed by atoms with Crippen LogP contribution in [0.5, 0.6) is 0 Å². The van der Waals surface area contributed by atoms with Gasteiger partial charge in [-0.1, -0.05) is 0 Å². The Morgan fingerprint density at radius 2 is 2.21 bits per heavy atom. The van der Waals surface area contributed by atoms with E-state index < -0.39 is 29.3 Å². The number of nitrogens with zero attached hydrogens (tertiary/aromatic N) is 1. The molecule has 0 saturated carbocycles. The molecule has 2 bridgehead atoms. The SMILES string of the molecule is N#CC1(C(O)c2cc(F)ccc2F)CC2CCC1O2. The summed E-state index contributed by atoms with van der Waals surface area (Å²) in [6, 6.07) is 4.99.